The lowest BCUT2D eigenvalue weighted by Gasteiger charge is -2.27. The lowest BCUT2D eigenvalue weighted by atomic mass is 9.94. The van der Waals surface area contributed by atoms with E-state index in [1.807, 2.05) is 34.3 Å². The second-order valence-electron chi connectivity index (χ2n) is 7.17. The molecule has 2 N–H and O–H groups in total. The molecule has 2 aromatic heterocycles. The Bertz CT molecular complexity index is 1050. The van der Waals surface area contributed by atoms with Gasteiger partial charge in [-0.25, -0.2) is 8.42 Å². The zero-order chi connectivity index (χ0) is 21.2. The lowest BCUT2D eigenvalue weighted by Crippen LogP contribution is -2.41. The van der Waals surface area contributed by atoms with E-state index in [1.54, 1.807) is 0 Å². The highest BCUT2D eigenvalue weighted by Gasteiger charge is 2.34. The summed E-state index contributed by atoms with van der Waals surface area (Å²) < 4.78 is 26.7. The minimum atomic E-state index is -3.51. The number of benzene rings is 1. The average molecular weight is 463 g/mol. The van der Waals surface area contributed by atoms with Crippen LogP contribution in [0.4, 0.5) is 0 Å². The maximum absolute atomic E-state index is 12.7. The Morgan fingerprint density at radius 2 is 1.83 bits per heavy atom. The van der Waals surface area contributed by atoms with Crippen molar-refractivity contribution in [2.24, 2.45) is 0 Å². The van der Waals surface area contributed by atoms with Crippen LogP contribution < -0.4 is 5.32 Å². The van der Waals surface area contributed by atoms with Crippen LogP contribution in [0.25, 0.3) is 0 Å². The molecular weight excluding hydrogens is 440 g/mol. The molecule has 3 aromatic rings. The molecule has 6 nitrogen and oxygen atoms in total. The predicted octanol–water partition coefficient (Wildman–Crippen LogP) is 3.26. The van der Waals surface area contributed by atoms with Gasteiger partial charge in [-0.05, 0) is 65.4 Å². The monoisotopic (exact) mass is 462 g/mol. The van der Waals surface area contributed by atoms with Gasteiger partial charge in [0, 0.05) is 29.1 Å². The summed E-state index contributed by atoms with van der Waals surface area (Å²) in [4.78, 5) is 13.6. The molecule has 0 bridgehead atoms. The molecule has 0 aliphatic carbocycles. The molecule has 1 amide bonds. The fourth-order valence-electron chi connectivity index (χ4n) is 3.51. The summed E-state index contributed by atoms with van der Waals surface area (Å²) in [6.07, 6.45) is 1.74. The van der Waals surface area contributed by atoms with Gasteiger partial charge in [-0.2, -0.15) is 15.6 Å². The predicted molar refractivity (Wildman–Crippen MR) is 118 cm³/mol. The third-order valence-electron chi connectivity index (χ3n) is 5.25. The molecule has 9 heteroatoms. The number of aliphatic hydroxyl groups is 1. The quantitative estimate of drug-likeness (QED) is 0.564. The topological polar surface area (TPSA) is 86.7 Å². The van der Waals surface area contributed by atoms with Crippen LogP contribution in [0.1, 0.15) is 33.6 Å². The van der Waals surface area contributed by atoms with E-state index in [9.17, 15) is 18.3 Å². The van der Waals surface area contributed by atoms with Gasteiger partial charge in [0.05, 0.1) is 11.4 Å². The number of carbonyl (C=O) groups is 1. The van der Waals surface area contributed by atoms with Crippen LogP contribution in [0, 0.1) is 0 Å². The van der Waals surface area contributed by atoms with E-state index in [0.29, 0.717) is 18.7 Å². The van der Waals surface area contributed by atoms with Crippen LogP contribution in [-0.4, -0.2) is 43.4 Å². The Morgan fingerprint density at radius 1 is 1.10 bits per heavy atom. The summed E-state index contributed by atoms with van der Waals surface area (Å²) in [6.45, 7) is 1.08. The van der Waals surface area contributed by atoms with Gasteiger partial charge in [0.2, 0.25) is 10.0 Å². The summed E-state index contributed by atoms with van der Waals surface area (Å²) in [5, 5.41) is 19.7. The number of nitrogens with one attached hydrogen (secondary N) is 1. The number of hydrogen-bond donors (Lipinski definition) is 2. The molecular formula is C21H22N2O4S3. The van der Waals surface area contributed by atoms with Crippen molar-refractivity contribution in [1.82, 2.24) is 9.62 Å². The van der Waals surface area contributed by atoms with Crippen molar-refractivity contribution < 1.29 is 18.3 Å². The van der Waals surface area contributed by atoms with Crippen molar-refractivity contribution in [2.75, 3.05) is 19.6 Å². The fourth-order valence-corrected chi connectivity index (χ4v) is 6.60. The van der Waals surface area contributed by atoms with E-state index in [2.05, 4.69) is 5.32 Å². The van der Waals surface area contributed by atoms with Gasteiger partial charge < -0.3 is 10.4 Å². The first kappa shape index (κ1) is 21.2. The fraction of sp³-hybridized carbons (Fsp3) is 0.286. The summed E-state index contributed by atoms with van der Waals surface area (Å²) in [5.41, 5.74) is -0.250. The van der Waals surface area contributed by atoms with Crippen molar-refractivity contribution in [3.8, 4) is 0 Å². The molecule has 0 radical (unpaired) electrons. The van der Waals surface area contributed by atoms with E-state index in [-0.39, 0.29) is 17.3 Å². The number of carbonyl (C=O) groups excluding carboxylic acids is 1. The highest BCUT2D eigenvalue weighted by molar-refractivity contribution is 7.89. The standard InChI is InChI=1S/C21H22N2O4S3/c24-20(16-5-7-18(8-6-16)30(26,27)23-10-1-2-11-23)22-15-21(25,17-9-13-28-14-17)19-4-3-12-29-19/h3-9,12-14,25H,1-2,10-11,15H2,(H,22,24). The Hall–Kier alpha value is -2.04. The largest absolute Gasteiger partial charge is 0.378 e. The minimum Gasteiger partial charge on any atom is -0.378 e. The maximum atomic E-state index is 12.7. The van der Waals surface area contributed by atoms with Crippen molar-refractivity contribution in [2.45, 2.75) is 23.3 Å². The molecule has 1 aliphatic heterocycles. The van der Waals surface area contributed by atoms with Crippen LogP contribution in [0.2, 0.25) is 0 Å². The smallest absolute Gasteiger partial charge is 0.251 e. The Morgan fingerprint density at radius 3 is 2.43 bits per heavy atom. The Kier molecular flexibility index (Phi) is 6.08. The first-order chi connectivity index (χ1) is 14.4. The minimum absolute atomic E-state index is 0.0108. The van der Waals surface area contributed by atoms with E-state index in [0.717, 1.165) is 23.3 Å². The summed E-state index contributed by atoms with van der Waals surface area (Å²) in [6, 6.07) is 11.5. The molecule has 3 heterocycles. The Balaban J connectivity index is 1.48. The van der Waals surface area contributed by atoms with Crippen molar-refractivity contribution in [1.29, 1.82) is 0 Å². The zero-order valence-corrected chi connectivity index (χ0v) is 18.6. The van der Waals surface area contributed by atoms with Gasteiger partial charge in [0.25, 0.3) is 5.91 Å². The van der Waals surface area contributed by atoms with E-state index >= 15 is 0 Å². The molecule has 1 atom stereocenters. The number of amides is 1. The van der Waals surface area contributed by atoms with E-state index < -0.39 is 15.6 Å². The lowest BCUT2D eigenvalue weighted by molar-refractivity contribution is 0.0721. The molecule has 1 fully saturated rings. The number of thiophene rings is 2. The molecule has 0 spiro atoms. The van der Waals surface area contributed by atoms with Gasteiger partial charge in [-0.1, -0.05) is 6.07 Å². The second kappa shape index (κ2) is 8.60. The molecule has 30 heavy (non-hydrogen) atoms. The molecule has 0 saturated carbocycles. The Labute approximate surface area is 183 Å². The van der Waals surface area contributed by atoms with Gasteiger partial charge in [0.1, 0.15) is 5.60 Å². The highest BCUT2D eigenvalue weighted by atomic mass is 32.2. The van der Waals surface area contributed by atoms with Gasteiger partial charge >= 0.3 is 0 Å². The van der Waals surface area contributed by atoms with Crippen LogP contribution in [0.15, 0.2) is 63.5 Å². The van der Waals surface area contributed by atoms with Gasteiger partial charge in [-0.15, -0.1) is 11.3 Å². The average Bonchev–Trinajstić information content (AvgIpc) is 3.54. The van der Waals surface area contributed by atoms with E-state index in [4.69, 9.17) is 0 Å². The third kappa shape index (κ3) is 4.08. The first-order valence-corrected chi connectivity index (χ1v) is 12.8. The van der Waals surface area contributed by atoms with Crippen LogP contribution in [0.5, 0.6) is 0 Å². The first-order valence-electron chi connectivity index (χ1n) is 9.59. The molecule has 4 rings (SSSR count). The SMILES string of the molecule is O=C(NCC(O)(c1ccsc1)c1cccs1)c1ccc(S(=O)(=O)N2CCCC2)cc1. The van der Waals surface area contributed by atoms with Crippen molar-refractivity contribution in [3.05, 3.63) is 74.6 Å². The van der Waals surface area contributed by atoms with Gasteiger partial charge in [-0.3, -0.25) is 4.79 Å². The van der Waals surface area contributed by atoms with Crippen LogP contribution >= 0.6 is 22.7 Å². The summed E-state index contributed by atoms with van der Waals surface area (Å²) >= 11 is 2.90. The highest BCUT2D eigenvalue weighted by Crippen LogP contribution is 2.33. The molecule has 1 aromatic carbocycles. The summed E-state index contributed by atoms with van der Waals surface area (Å²) in [7, 11) is -3.51. The third-order valence-corrected chi connectivity index (χ3v) is 8.87. The molecule has 1 aliphatic rings. The zero-order valence-electron chi connectivity index (χ0n) is 16.2. The normalized spacial score (nSPS) is 17.0. The molecule has 1 unspecified atom stereocenters. The molecule has 1 saturated heterocycles. The summed E-state index contributed by atoms with van der Waals surface area (Å²) in [5.74, 6) is -0.370. The van der Waals surface area contributed by atoms with Gasteiger partial charge in [0.15, 0.2) is 0 Å². The second-order valence-corrected chi connectivity index (χ2v) is 10.8. The van der Waals surface area contributed by atoms with Crippen molar-refractivity contribution >= 4 is 38.6 Å². The van der Waals surface area contributed by atoms with Crippen LogP contribution in [0.3, 0.4) is 0 Å². The number of nitrogens with zero attached hydrogens (tertiary/aromatic N) is 1. The van der Waals surface area contributed by atoms with Crippen LogP contribution in [-0.2, 0) is 15.6 Å². The van der Waals surface area contributed by atoms with E-state index in [1.165, 1.54) is 51.2 Å². The number of sulfonamides is 1. The number of rotatable bonds is 7. The number of hydrogen-bond acceptors (Lipinski definition) is 6. The van der Waals surface area contributed by atoms with Crippen molar-refractivity contribution in [3.63, 3.8) is 0 Å². The maximum Gasteiger partial charge on any atom is 0.251 e. The molecule has 158 valence electrons.